The summed E-state index contributed by atoms with van der Waals surface area (Å²) in [4.78, 5) is 11.3. The highest BCUT2D eigenvalue weighted by molar-refractivity contribution is 5.77. The molecule has 0 bridgehead atoms. The van der Waals surface area contributed by atoms with Crippen LogP contribution in [0, 0.1) is 17.8 Å². The molecule has 0 aliphatic heterocycles. The first-order valence-corrected chi connectivity index (χ1v) is 6.22. The van der Waals surface area contributed by atoms with E-state index in [1.165, 1.54) is 19.3 Å². The summed E-state index contributed by atoms with van der Waals surface area (Å²) in [7, 11) is 1.71. The molecule has 0 fully saturated rings. The average molecular weight is 213 g/mol. The van der Waals surface area contributed by atoms with E-state index in [1.807, 2.05) is 6.92 Å². The first kappa shape index (κ1) is 14.5. The van der Waals surface area contributed by atoms with Crippen molar-refractivity contribution in [3.63, 3.8) is 0 Å². The van der Waals surface area contributed by atoms with E-state index < -0.39 is 0 Å². The maximum absolute atomic E-state index is 11.3. The summed E-state index contributed by atoms with van der Waals surface area (Å²) >= 11 is 0. The standard InChI is InChI=1S/C13H27NO/c1-6-7-10(2)8-11(3)9-12(4)13(15)14-5/h10-12H,6-9H2,1-5H3,(H,14,15). The Morgan fingerprint density at radius 2 is 1.73 bits per heavy atom. The van der Waals surface area contributed by atoms with Crippen LogP contribution in [0.5, 0.6) is 0 Å². The fourth-order valence-electron chi connectivity index (χ4n) is 2.35. The molecule has 0 aliphatic rings. The van der Waals surface area contributed by atoms with Gasteiger partial charge in [0.2, 0.25) is 5.91 Å². The summed E-state index contributed by atoms with van der Waals surface area (Å²) in [5, 5.41) is 2.71. The molecule has 0 saturated heterocycles. The predicted octanol–water partition coefficient (Wildman–Crippen LogP) is 3.22. The van der Waals surface area contributed by atoms with Gasteiger partial charge in [-0.05, 0) is 24.7 Å². The van der Waals surface area contributed by atoms with Crippen molar-refractivity contribution >= 4 is 5.91 Å². The molecule has 3 unspecified atom stereocenters. The maximum atomic E-state index is 11.3. The van der Waals surface area contributed by atoms with Gasteiger partial charge < -0.3 is 5.32 Å². The Kier molecular flexibility index (Phi) is 7.45. The van der Waals surface area contributed by atoms with Crippen LogP contribution >= 0.6 is 0 Å². The predicted molar refractivity (Wildman–Crippen MR) is 65.7 cm³/mol. The van der Waals surface area contributed by atoms with Crippen molar-refractivity contribution in [1.29, 1.82) is 0 Å². The zero-order chi connectivity index (χ0) is 11.8. The summed E-state index contributed by atoms with van der Waals surface area (Å²) in [6.45, 7) is 8.81. The van der Waals surface area contributed by atoms with Gasteiger partial charge in [-0.25, -0.2) is 0 Å². The van der Waals surface area contributed by atoms with Gasteiger partial charge in [0.15, 0.2) is 0 Å². The van der Waals surface area contributed by atoms with Crippen molar-refractivity contribution in [2.24, 2.45) is 17.8 Å². The number of nitrogens with one attached hydrogen (secondary N) is 1. The molecule has 2 heteroatoms. The number of carbonyl (C=O) groups excluding carboxylic acids is 1. The summed E-state index contributed by atoms with van der Waals surface area (Å²) in [6, 6.07) is 0. The Balaban J connectivity index is 3.81. The van der Waals surface area contributed by atoms with Crippen LogP contribution in [0.2, 0.25) is 0 Å². The Morgan fingerprint density at radius 1 is 1.13 bits per heavy atom. The van der Waals surface area contributed by atoms with Crippen molar-refractivity contribution in [3.8, 4) is 0 Å². The molecule has 0 saturated carbocycles. The zero-order valence-electron chi connectivity index (χ0n) is 11.0. The second-order valence-corrected chi connectivity index (χ2v) is 4.99. The minimum absolute atomic E-state index is 0.152. The third-order valence-electron chi connectivity index (χ3n) is 3.04. The Labute approximate surface area is 94.8 Å². The Bertz CT molecular complexity index is 179. The lowest BCUT2D eigenvalue weighted by Gasteiger charge is -2.19. The molecular weight excluding hydrogens is 186 g/mol. The number of carbonyl (C=O) groups is 1. The van der Waals surface area contributed by atoms with Crippen molar-refractivity contribution in [3.05, 3.63) is 0 Å². The first-order chi connectivity index (χ1) is 7.01. The second kappa shape index (κ2) is 7.72. The molecule has 0 rings (SSSR count). The number of rotatable bonds is 7. The van der Waals surface area contributed by atoms with Gasteiger partial charge in [-0.15, -0.1) is 0 Å². The van der Waals surface area contributed by atoms with Crippen LogP contribution < -0.4 is 5.32 Å². The zero-order valence-corrected chi connectivity index (χ0v) is 11.0. The summed E-state index contributed by atoms with van der Waals surface area (Å²) < 4.78 is 0. The molecule has 1 amide bonds. The largest absolute Gasteiger partial charge is 0.359 e. The molecule has 0 radical (unpaired) electrons. The molecule has 0 aromatic carbocycles. The third kappa shape index (κ3) is 6.53. The van der Waals surface area contributed by atoms with E-state index in [4.69, 9.17) is 0 Å². The van der Waals surface area contributed by atoms with Crippen LogP contribution in [0.4, 0.5) is 0 Å². The van der Waals surface area contributed by atoms with Gasteiger partial charge in [-0.1, -0.05) is 40.5 Å². The van der Waals surface area contributed by atoms with Gasteiger partial charge in [-0.3, -0.25) is 4.79 Å². The monoisotopic (exact) mass is 213 g/mol. The minimum Gasteiger partial charge on any atom is -0.359 e. The van der Waals surface area contributed by atoms with Crippen molar-refractivity contribution in [2.75, 3.05) is 7.05 Å². The fraction of sp³-hybridized carbons (Fsp3) is 0.923. The van der Waals surface area contributed by atoms with Gasteiger partial charge in [0.1, 0.15) is 0 Å². The molecule has 0 aliphatic carbocycles. The number of hydrogen-bond donors (Lipinski definition) is 1. The molecule has 90 valence electrons. The molecule has 0 spiro atoms. The topological polar surface area (TPSA) is 29.1 Å². The molecule has 1 N–H and O–H groups in total. The molecule has 15 heavy (non-hydrogen) atoms. The number of hydrogen-bond acceptors (Lipinski definition) is 1. The lowest BCUT2D eigenvalue weighted by Crippen LogP contribution is -2.26. The minimum atomic E-state index is 0.152. The smallest absolute Gasteiger partial charge is 0.222 e. The normalized spacial score (nSPS) is 16.9. The SMILES string of the molecule is CCCC(C)CC(C)CC(C)C(=O)NC. The molecule has 0 heterocycles. The van der Waals surface area contributed by atoms with Gasteiger partial charge in [0.05, 0.1) is 0 Å². The van der Waals surface area contributed by atoms with Gasteiger partial charge in [0.25, 0.3) is 0 Å². The quantitative estimate of drug-likeness (QED) is 0.691. The van der Waals surface area contributed by atoms with Crippen LogP contribution in [0.3, 0.4) is 0 Å². The second-order valence-electron chi connectivity index (χ2n) is 4.99. The highest BCUT2D eigenvalue weighted by Crippen LogP contribution is 2.22. The highest BCUT2D eigenvalue weighted by Gasteiger charge is 2.16. The van der Waals surface area contributed by atoms with E-state index >= 15 is 0 Å². The van der Waals surface area contributed by atoms with Crippen LogP contribution in [-0.4, -0.2) is 13.0 Å². The maximum Gasteiger partial charge on any atom is 0.222 e. The van der Waals surface area contributed by atoms with E-state index in [0.717, 1.165) is 12.3 Å². The molecule has 0 aromatic heterocycles. The molecule has 3 atom stereocenters. The van der Waals surface area contributed by atoms with Crippen molar-refractivity contribution in [2.45, 2.75) is 53.4 Å². The van der Waals surface area contributed by atoms with E-state index in [1.54, 1.807) is 7.05 Å². The van der Waals surface area contributed by atoms with Crippen LogP contribution in [0.15, 0.2) is 0 Å². The first-order valence-electron chi connectivity index (χ1n) is 6.22. The van der Waals surface area contributed by atoms with Crippen molar-refractivity contribution in [1.82, 2.24) is 5.32 Å². The van der Waals surface area contributed by atoms with Crippen LogP contribution in [-0.2, 0) is 4.79 Å². The van der Waals surface area contributed by atoms with Crippen LogP contribution in [0.1, 0.15) is 53.4 Å². The van der Waals surface area contributed by atoms with Gasteiger partial charge >= 0.3 is 0 Å². The lowest BCUT2D eigenvalue weighted by atomic mass is 9.87. The number of amides is 1. The third-order valence-corrected chi connectivity index (χ3v) is 3.04. The summed E-state index contributed by atoms with van der Waals surface area (Å²) in [5.74, 6) is 1.77. The van der Waals surface area contributed by atoms with E-state index in [0.29, 0.717) is 5.92 Å². The molecule has 2 nitrogen and oxygen atoms in total. The fourth-order valence-corrected chi connectivity index (χ4v) is 2.35. The Morgan fingerprint density at radius 3 is 2.20 bits per heavy atom. The van der Waals surface area contributed by atoms with Crippen molar-refractivity contribution < 1.29 is 4.79 Å². The molecular formula is C13H27NO. The average Bonchev–Trinajstić information content (AvgIpc) is 2.16. The molecule has 0 aromatic rings. The van der Waals surface area contributed by atoms with E-state index in [-0.39, 0.29) is 11.8 Å². The van der Waals surface area contributed by atoms with E-state index in [2.05, 4.69) is 26.1 Å². The van der Waals surface area contributed by atoms with E-state index in [9.17, 15) is 4.79 Å². The summed E-state index contributed by atoms with van der Waals surface area (Å²) in [6.07, 6.45) is 4.82. The highest BCUT2D eigenvalue weighted by atomic mass is 16.1. The van der Waals surface area contributed by atoms with Gasteiger partial charge in [-0.2, -0.15) is 0 Å². The lowest BCUT2D eigenvalue weighted by molar-refractivity contribution is -0.124. The van der Waals surface area contributed by atoms with Gasteiger partial charge in [0, 0.05) is 13.0 Å². The summed E-state index contributed by atoms with van der Waals surface area (Å²) in [5.41, 5.74) is 0. The Hall–Kier alpha value is -0.530. The van der Waals surface area contributed by atoms with Crippen LogP contribution in [0.25, 0.3) is 0 Å².